The van der Waals surface area contributed by atoms with Crippen LogP contribution >= 0.6 is 11.8 Å². The van der Waals surface area contributed by atoms with Gasteiger partial charge in [0, 0.05) is 18.0 Å². The highest BCUT2D eigenvalue weighted by Gasteiger charge is 2.42. The lowest BCUT2D eigenvalue weighted by molar-refractivity contribution is 0.0708. The molecular formula is C24H25FN2O3S. The van der Waals surface area contributed by atoms with Crippen LogP contribution in [-0.4, -0.2) is 48.1 Å². The van der Waals surface area contributed by atoms with Crippen molar-refractivity contribution in [2.24, 2.45) is 0 Å². The van der Waals surface area contributed by atoms with Crippen LogP contribution in [0.2, 0.25) is 0 Å². The molecule has 0 bridgehead atoms. The zero-order chi connectivity index (χ0) is 22.1. The summed E-state index contributed by atoms with van der Waals surface area (Å²) in [4.78, 5) is 31.8. The highest BCUT2D eigenvalue weighted by atomic mass is 32.2. The number of benzene rings is 2. The third-order valence-electron chi connectivity index (χ3n) is 5.91. The molecule has 3 aromatic rings. The number of nitrogens with zero attached hydrogens (tertiary/aromatic N) is 2. The molecule has 2 heterocycles. The van der Waals surface area contributed by atoms with Crippen molar-refractivity contribution in [1.82, 2.24) is 9.80 Å². The second-order valence-electron chi connectivity index (χ2n) is 7.52. The summed E-state index contributed by atoms with van der Waals surface area (Å²) >= 11 is 1.62. The maximum atomic E-state index is 13.8. The van der Waals surface area contributed by atoms with Gasteiger partial charge in [-0.15, -0.1) is 11.8 Å². The van der Waals surface area contributed by atoms with Crippen LogP contribution in [0.3, 0.4) is 0 Å². The summed E-state index contributed by atoms with van der Waals surface area (Å²) in [7, 11) is 0. The van der Waals surface area contributed by atoms with Crippen LogP contribution in [0.25, 0.3) is 11.0 Å². The van der Waals surface area contributed by atoms with Gasteiger partial charge in [0.05, 0.1) is 17.0 Å². The molecule has 1 unspecified atom stereocenters. The van der Waals surface area contributed by atoms with E-state index < -0.39 is 11.9 Å². The quantitative estimate of drug-likeness (QED) is 0.505. The Morgan fingerprint density at radius 3 is 2.45 bits per heavy atom. The standard InChI is InChI=1S/C24H25FN2O3S/c1-4-26(5-2)12-13-27-21(15-6-9-17(31-3)10-7-15)20-22(28)18-14-16(25)8-11-19(18)30-23(20)24(27)29/h6-11,14,21H,4-5,12-13H2,1-3H3. The van der Waals surface area contributed by atoms with Gasteiger partial charge in [-0.2, -0.15) is 0 Å². The maximum Gasteiger partial charge on any atom is 0.290 e. The van der Waals surface area contributed by atoms with E-state index in [1.165, 1.54) is 18.2 Å². The average molecular weight is 441 g/mol. The minimum absolute atomic E-state index is 0.0580. The van der Waals surface area contributed by atoms with Crippen molar-refractivity contribution in [2.75, 3.05) is 32.4 Å². The second kappa shape index (κ2) is 8.85. The van der Waals surface area contributed by atoms with Gasteiger partial charge in [-0.3, -0.25) is 9.59 Å². The van der Waals surface area contributed by atoms with Crippen molar-refractivity contribution in [3.05, 3.63) is 75.4 Å². The van der Waals surface area contributed by atoms with Gasteiger partial charge in [-0.25, -0.2) is 4.39 Å². The summed E-state index contributed by atoms with van der Waals surface area (Å²) in [5.74, 6) is -0.754. The summed E-state index contributed by atoms with van der Waals surface area (Å²) in [6.07, 6.45) is 2.00. The maximum absolute atomic E-state index is 13.8. The first-order valence-electron chi connectivity index (χ1n) is 10.4. The van der Waals surface area contributed by atoms with Gasteiger partial charge in [0.2, 0.25) is 5.76 Å². The first kappa shape index (κ1) is 21.6. The molecule has 7 heteroatoms. The van der Waals surface area contributed by atoms with E-state index >= 15 is 0 Å². The molecule has 0 saturated heterocycles. The SMILES string of the molecule is CCN(CC)CCN1C(=O)c2oc3ccc(F)cc3c(=O)c2C1c1ccc(SC)cc1. The zero-order valence-corrected chi connectivity index (χ0v) is 18.7. The molecule has 1 aliphatic rings. The number of carbonyl (C=O) groups is 1. The molecule has 0 saturated carbocycles. The normalized spacial score (nSPS) is 15.8. The zero-order valence-electron chi connectivity index (χ0n) is 17.9. The molecule has 1 aliphatic heterocycles. The van der Waals surface area contributed by atoms with Crippen LogP contribution in [0.5, 0.6) is 0 Å². The molecule has 5 nitrogen and oxygen atoms in total. The molecule has 1 amide bonds. The van der Waals surface area contributed by atoms with Crippen LogP contribution in [0.1, 0.15) is 41.6 Å². The number of thioether (sulfide) groups is 1. The molecule has 0 aliphatic carbocycles. The third-order valence-corrected chi connectivity index (χ3v) is 6.65. The van der Waals surface area contributed by atoms with Crippen LogP contribution in [0.15, 0.2) is 56.6 Å². The number of halogens is 1. The van der Waals surface area contributed by atoms with Crippen molar-refractivity contribution < 1.29 is 13.6 Å². The van der Waals surface area contributed by atoms with Crippen LogP contribution in [0, 0.1) is 5.82 Å². The van der Waals surface area contributed by atoms with E-state index in [-0.39, 0.29) is 28.1 Å². The van der Waals surface area contributed by atoms with Crippen molar-refractivity contribution in [1.29, 1.82) is 0 Å². The molecule has 162 valence electrons. The topological polar surface area (TPSA) is 53.8 Å². The first-order valence-corrected chi connectivity index (χ1v) is 11.6. The molecule has 4 rings (SSSR count). The lowest BCUT2D eigenvalue weighted by Crippen LogP contribution is -2.37. The predicted molar refractivity (Wildman–Crippen MR) is 121 cm³/mol. The van der Waals surface area contributed by atoms with E-state index in [0.717, 1.165) is 23.5 Å². The Labute approximate surface area is 184 Å². The second-order valence-corrected chi connectivity index (χ2v) is 8.40. The molecule has 1 atom stereocenters. The van der Waals surface area contributed by atoms with Gasteiger partial charge < -0.3 is 14.2 Å². The highest BCUT2D eigenvalue weighted by Crippen LogP contribution is 2.38. The van der Waals surface area contributed by atoms with Gasteiger partial charge in [0.15, 0.2) is 5.43 Å². The number of hydrogen-bond acceptors (Lipinski definition) is 5. The Balaban J connectivity index is 1.86. The largest absolute Gasteiger partial charge is 0.450 e. The summed E-state index contributed by atoms with van der Waals surface area (Å²) in [6, 6.07) is 11.1. The minimum atomic E-state index is -0.558. The minimum Gasteiger partial charge on any atom is -0.450 e. The van der Waals surface area contributed by atoms with E-state index in [2.05, 4.69) is 18.7 Å². The van der Waals surface area contributed by atoms with Gasteiger partial charge in [0.1, 0.15) is 11.4 Å². The number of likely N-dealkylation sites (N-methyl/N-ethyl adjacent to an activating group) is 1. The fourth-order valence-corrected chi connectivity index (χ4v) is 4.55. The number of fused-ring (bicyclic) bond motifs is 2. The predicted octanol–water partition coefficient (Wildman–Crippen LogP) is 4.54. The lowest BCUT2D eigenvalue weighted by atomic mass is 9.98. The smallest absolute Gasteiger partial charge is 0.290 e. The summed E-state index contributed by atoms with van der Waals surface area (Å²) in [6.45, 7) is 7.06. The Hall–Kier alpha value is -2.64. The van der Waals surface area contributed by atoms with Crippen molar-refractivity contribution in [3.63, 3.8) is 0 Å². The fraction of sp³-hybridized carbons (Fsp3) is 0.333. The fourth-order valence-electron chi connectivity index (χ4n) is 4.14. The van der Waals surface area contributed by atoms with E-state index in [0.29, 0.717) is 18.7 Å². The number of amides is 1. The Morgan fingerprint density at radius 2 is 1.81 bits per heavy atom. The molecular weight excluding hydrogens is 415 g/mol. The van der Waals surface area contributed by atoms with E-state index in [4.69, 9.17) is 4.42 Å². The molecule has 31 heavy (non-hydrogen) atoms. The summed E-state index contributed by atoms with van der Waals surface area (Å²) < 4.78 is 19.7. The molecule has 0 radical (unpaired) electrons. The molecule has 0 N–H and O–H groups in total. The average Bonchev–Trinajstić information content (AvgIpc) is 3.07. The Bertz CT molecular complexity index is 1170. The van der Waals surface area contributed by atoms with Crippen molar-refractivity contribution in [3.8, 4) is 0 Å². The lowest BCUT2D eigenvalue weighted by Gasteiger charge is -2.28. The van der Waals surface area contributed by atoms with Gasteiger partial charge in [-0.1, -0.05) is 26.0 Å². The highest BCUT2D eigenvalue weighted by molar-refractivity contribution is 7.98. The Morgan fingerprint density at radius 1 is 1.10 bits per heavy atom. The van der Waals surface area contributed by atoms with Gasteiger partial charge >= 0.3 is 0 Å². The molecule has 0 fully saturated rings. The van der Waals surface area contributed by atoms with Crippen molar-refractivity contribution >= 4 is 28.6 Å². The van der Waals surface area contributed by atoms with E-state index in [9.17, 15) is 14.0 Å². The summed E-state index contributed by atoms with van der Waals surface area (Å²) in [5.41, 5.74) is 1.00. The van der Waals surface area contributed by atoms with Crippen LogP contribution in [-0.2, 0) is 0 Å². The van der Waals surface area contributed by atoms with Gasteiger partial charge in [-0.05, 0) is 55.2 Å². The molecule has 0 spiro atoms. The number of carbonyl (C=O) groups excluding carboxylic acids is 1. The third kappa shape index (κ3) is 3.88. The first-order chi connectivity index (χ1) is 15.0. The number of rotatable bonds is 7. The monoisotopic (exact) mass is 440 g/mol. The summed E-state index contributed by atoms with van der Waals surface area (Å²) in [5, 5.41) is 0.155. The van der Waals surface area contributed by atoms with Crippen LogP contribution in [0.4, 0.5) is 4.39 Å². The Kier molecular flexibility index (Phi) is 6.16. The molecule has 1 aromatic heterocycles. The van der Waals surface area contributed by atoms with Crippen molar-refractivity contribution in [2.45, 2.75) is 24.8 Å². The van der Waals surface area contributed by atoms with E-state index in [1.54, 1.807) is 16.7 Å². The van der Waals surface area contributed by atoms with E-state index in [1.807, 2.05) is 30.5 Å². The molecule has 2 aromatic carbocycles. The van der Waals surface area contributed by atoms with Crippen LogP contribution < -0.4 is 5.43 Å². The van der Waals surface area contributed by atoms with Gasteiger partial charge in [0.25, 0.3) is 5.91 Å². The number of hydrogen-bond donors (Lipinski definition) is 0.